The molecule has 46 heavy (non-hydrogen) atoms. The van der Waals surface area contributed by atoms with Crippen LogP contribution in [0.5, 0.6) is 0 Å². The number of carbonyl (C=O) groups is 1. The lowest BCUT2D eigenvalue weighted by Crippen LogP contribution is -2.49. The van der Waals surface area contributed by atoms with E-state index in [1.807, 2.05) is 0 Å². The van der Waals surface area contributed by atoms with Crippen molar-refractivity contribution in [1.82, 2.24) is 4.98 Å². The molecule has 6 nitrogen and oxygen atoms in total. The Labute approximate surface area is 271 Å². The second-order valence-electron chi connectivity index (χ2n) is 15.7. The van der Waals surface area contributed by atoms with Crippen molar-refractivity contribution in [2.45, 2.75) is 134 Å². The Morgan fingerprint density at radius 3 is 2.15 bits per heavy atom. The normalized spacial score (nSPS) is 25.3. The van der Waals surface area contributed by atoms with Crippen LogP contribution in [-0.2, 0) is 35.2 Å². The maximum Gasteiger partial charge on any atom is 0.416 e. The van der Waals surface area contributed by atoms with E-state index in [9.17, 15) is 18.0 Å². The summed E-state index contributed by atoms with van der Waals surface area (Å²) < 4.78 is 67.3. The predicted octanol–water partition coefficient (Wildman–Crippen LogP) is 9.59. The van der Waals surface area contributed by atoms with Gasteiger partial charge in [0, 0.05) is 55.2 Å². The average molecular weight is 660 g/mol. The van der Waals surface area contributed by atoms with E-state index >= 15 is 0 Å². The topological polar surface area (TPSA) is 66.9 Å². The Bertz CT molecular complexity index is 1490. The Kier molecular flexibility index (Phi) is 8.34. The van der Waals surface area contributed by atoms with E-state index in [1.165, 1.54) is 19.1 Å². The summed E-state index contributed by atoms with van der Waals surface area (Å²) in [6, 6.07) is 5.34. The molecule has 2 fully saturated rings. The predicted molar refractivity (Wildman–Crippen MR) is 171 cm³/mol. The van der Waals surface area contributed by atoms with E-state index in [0.29, 0.717) is 31.6 Å². The molecule has 0 radical (unpaired) electrons. The number of fused-ring (bicyclic) bond motifs is 4. The second-order valence-corrected chi connectivity index (χ2v) is 20.5. The fourth-order valence-corrected chi connectivity index (χ4v) is 9.08. The minimum Gasteiger partial charge on any atom is -0.455 e. The van der Waals surface area contributed by atoms with E-state index in [2.05, 4.69) is 47.7 Å². The van der Waals surface area contributed by atoms with Crippen molar-refractivity contribution in [2.75, 3.05) is 13.2 Å². The molecule has 10 heteroatoms. The molecule has 1 aromatic carbocycles. The van der Waals surface area contributed by atoms with Gasteiger partial charge in [-0.3, -0.25) is 9.78 Å². The molecule has 3 atom stereocenters. The van der Waals surface area contributed by atoms with Gasteiger partial charge in [-0.1, -0.05) is 53.2 Å². The van der Waals surface area contributed by atoms with Crippen LogP contribution in [0.1, 0.15) is 144 Å². The summed E-state index contributed by atoms with van der Waals surface area (Å²) in [7, 11) is -2.31. The molecule has 2 aliphatic carbocycles. The number of esters is 1. The maximum absolute atomic E-state index is 13.6. The lowest BCUT2D eigenvalue weighted by Gasteiger charge is -2.54. The van der Waals surface area contributed by atoms with E-state index < -0.39 is 37.9 Å². The van der Waals surface area contributed by atoms with Crippen molar-refractivity contribution in [2.24, 2.45) is 5.41 Å². The van der Waals surface area contributed by atoms with Crippen LogP contribution in [0.4, 0.5) is 13.2 Å². The average Bonchev–Trinajstić information content (AvgIpc) is 3.25. The van der Waals surface area contributed by atoms with Gasteiger partial charge in [-0.05, 0) is 66.6 Å². The summed E-state index contributed by atoms with van der Waals surface area (Å²) in [6.07, 6.45) is -0.982. The van der Waals surface area contributed by atoms with Crippen molar-refractivity contribution >= 4 is 14.3 Å². The molecule has 0 unspecified atom stereocenters. The van der Waals surface area contributed by atoms with Gasteiger partial charge >= 0.3 is 12.1 Å². The largest absolute Gasteiger partial charge is 0.455 e. The standard InChI is InChI=1S/C36H48F3NO5Si/c1-21(2)29-27-28(35(16-18-42-19-17-35)44-31(27)23-10-12-24(13-11-23)36(37,38)39)26-25(45-46(7,8)33(4,5)6)20-34(14-9-15-34)32(30(26)40-29)43-22(3)41/h10-13,21,25,31-32H,9,14-20H2,1-8H3/t25-,31+,32-/m0/s1. The molecular weight excluding hydrogens is 611 g/mol. The number of ether oxygens (including phenoxy) is 3. The number of hydrogen-bond donors (Lipinski definition) is 0. The number of halogens is 3. The van der Waals surface area contributed by atoms with Gasteiger partial charge in [0.2, 0.25) is 0 Å². The smallest absolute Gasteiger partial charge is 0.416 e. The fraction of sp³-hybridized carbons (Fsp3) is 0.667. The summed E-state index contributed by atoms with van der Waals surface area (Å²) in [6.45, 7) is 17.9. The lowest BCUT2D eigenvalue weighted by atomic mass is 9.57. The SMILES string of the molecule is CC(=O)O[C@H]1c2nc(C(C)C)c3c(c2[C@@H](O[Si](C)(C)C(C)(C)C)CC12CCC2)C1(CCOCC1)O[C@@H]3c1ccc(C(F)(F)F)cc1. The Morgan fingerprint density at radius 2 is 1.65 bits per heavy atom. The molecule has 4 aliphatic rings. The summed E-state index contributed by atoms with van der Waals surface area (Å²) in [5, 5.41) is -0.0449. The van der Waals surface area contributed by atoms with Gasteiger partial charge in [0.15, 0.2) is 8.32 Å². The number of alkyl halides is 3. The first-order valence-corrected chi connectivity index (χ1v) is 19.7. The Hall–Kier alpha value is -2.27. The third-order valence-electron chi connectivity index (χ3n) is 11.4. The Balaban J connectivity index is 1.64. The highest BCUT2D eigenvalue weighted by Crippen LogP contribution is 2.65. The molecule has 6 rings (SSSR count). The number of rotatable bonds is 5. The summed E-state index contributed by atoms with van der Waals surface area (Å²) >= 11 is 0. The first-order valence-electron chi connectivity index (χ1n) is 16.7. The molecular formula is C36H48F3NO5Si. The molecule has 1 saturated carbocycles. The van der Waals surface area contributed by atoms with Crippen LogP contribution in [-0.4, -0.2) is 32.5 Å². The highest BCUT2D eigenvalue weighted by Gasteiger charge is 2.59. The minimum absolute atomic E-state index is 0.0217. The summed E-state index contributed by atoms with van der Waals surface area (Å²) in [5.74, 6) is -0.356. The highest BCUT2D eigenvalue weighted by molar-refractivity contribution is 6.74. The molecule has 0 N–H and O–H groups in total. The van der Waals surface area contributed by atoms with Crippen LogP contribution in [0.3, 0.4) is 0 Å². The summed E-state index contributed by atoms with van der Waals surface area (Å²) in [4.78, 5) is 18.1. The van der Waals surface area contributed by atoms with Crippen LogP contribution in [0, 0.1) is 5.41 Å². The molecule has 1 aromatic heterocycles. The van der Waals surface area contributed by atoms with Gasteiger partial charge in [-0.25, -0.2) is 0 Å². The first kappa shape index (κ1) is 33.6. The van der Waals surface area contributed by atoms with Crippen LogP contribution >= 0.6 is 0 Å². The minimum atomic E-state index is -4.43. The van der Waals surface area contributed by atoms with Crippen molar-refractivity contribution < 1.29 is 36.6 Å². The van der Waals surface area contributed by atoms with E-state index in [-0.39, 0.29) is 28.4 Å². The number of nitrogens with zero attached hydrogens (tertiary/aromatic N) is 1. The van der Waals surface area contributed by atoms with Crippen LogP contribution in [0.15, 0.2) is 24.3 Å². The van der Waals surface area contributed by atoms with E-state index in [0.717, 1.165) is 65.9 Å². The molecule has 2 aliphatic heterocycles. The number of benzene rings is 1. The van der Waals surface area contributed by atoms with Crippen LogP contribution in [0.25, 0.3) is 0 Å². The van der Waals surface area contributed by atoms with Gasteiger partial charge in [0.25, 0.3) is 0 Å². The molecule has 0 amide bonds. The zero-order chi connectivity index (χ0) is 33.4. The third-order valence-corrected chi connectivity index (χ3v) is 15.9. The monoisotopic (exact) mass is 659 g/mol. The third kappa shape index (κ3) is 5.54. The highest BCUT2D eigenvalue weighted by atomic mass is 28.4. The first-order chi connectivity index (χ1) is 21.4. The molecule has 1 saturated heterocycles. The van der Waals surface area contributed by atoms with Crippen molar-refractivity contribution in [3.05, 3.63) is 63.5 Å². The lowest BCUT2D eigenvalue weighted by molar-refractivity contribution is -0.167. The van der Waals surface area contributed by atoms with Gasteiger partial charge in [0.1, 0.15) is 12.2 Å². The molecule has 2 aromatic rings. The molecule has 252 valence electrons. The number of aromatic nitrogens is 1. The Morgan fingerprint density at radius 1 is 1.02 bits per heavy atom. The van der Waals surface area contributed by atoms with Gasteiger partial charge in [0.05, 0.1) is 23.0 Å². The summed E-state index contributed by atoms with van der Waals surface area (Å²) in [5.41, 5.74) is 3.50. The van der Waals surface area contributed by atoms with Crippen molar-refractivity contribution in [3.63, 3.8) is 0 Å². The van der Waals surface area contributed by atoms with Crippen LogP contribution in [0.2, 0.25) is 18.1 Å². The molecule has 2 spiro atoms. The number of carbonyl (C=O) groups excluding carboxylic acids is 1. The van der Waals surface area contributed by atoms with E-state index in [4.69, 9.17) is 23.6 Å². The second kappa shape index (κ2) is 11.4. The maximum atomic E-state index is 13.6. The van der Waals surface area contributed by atoms with Gasteiger partial charge < -0.3 is 18.6 Å². The van der Waals surface area contributed by atoms with Crippen LogP contribution < -0.4 is 0 Å². The number of hydrogen-bond acceptors (Lipinski definition) is 6. The molecule has 0 bridgehead atoms. The van der Waals surface area contributed by atoms with Crippen molar-refractivity contribution in [3.8, 4) is 0 Å². The zero-order valence-electron chi connectivity index (χ0n) is 28.4. The number of pyridine rings is 1. The van der Waals surface area contributed by atoms with Gasteiger partial charge in [-0.15, -0.1) is 0 Å². The van der Waals surface area contributed by atoms with E-state index in [1.54, 1.807) is 0 Å². The zero-order valence-corrected chi connectivity index (χ0v) is 29.4. The quantitative estimate of drug-likeness (QED) is 0.235. The van der Waals surface area contributed by atoms with Crippen molar-refractivity contribution in [1.29, 1.82) is 0 Å². The van der Waals surface area contributed by atoms with Gasteiger partial charge in [-0.2, -0.15) is 13.2 Å². The molecule has 3 heterocycles. The fourth-order valence-electron chi connectivity index (χ4n) is 7.81.